The molecule has 25 heavy (non-hydrogen) atoms. The predicted octanol–water partition coefficient (Wildman–Crippen LogP) is 5.63. The molecule has 0 radical (unpaired) electrons. The topological polar surface area (TPSA) is 9.23 Å². The molecule has 0 aromatic rings. The largest absolute Gasteiger partial charge is 0.425 e. The van der Waals surface area contributed by atoms with Crippen molar-refractivity contribution >= 4 is 0 Å². The van der Waals surface area contributed by atoms with Crippen LogP contribution in [0.3, 0.4) is 0 Å². The summed E-state index contributed by atoms with van der Waals surface area (Å²) in [4.78, 5) is 0. The summed E-state index contributed by atoms with van der Waals surface area (Å²) in [6.07, 6.45) is -30.4. The van der Waals surface area contributed by atoms with Gasteiger partial charge in [-0.2, -0.15) is 26.3 Å². The van der Waals surface area contributed by atoms with E-state index in [9.17, 15) is 52.7 Å². The first-order chi connectivity index (χ1) is 10.9. The third-order valence-corrected chi connectivity index (χ3v) is 3.18. The molecule has 0 spiro atoms. The lowest BCUT2D eigenvalue weighted by molar-refractivity contribution is -0.308. The van der Waals surface area contributed by atoms with Crippen LogP contribution in [0.4, 0.5) is 52.7 Å². The third kappa shape index (κ3) is 5.55. The fourth-order valence-corrected chi connectivity index (χ4v) is 1.88. The van der Waals surface area contributed by atoms with Gasteiger partial charge in [-0.05, 0) is 12.8 Å². The average molecular weight is 402 g/mol. The Kier molecular flexibility index (Phi) is 7.51. The minimum Gasteiger partial charge on any atom is -0.362 e. The Morgan fingerprint density at radius 1 is 0.600 bits per heavy atom. The van der Waals surface area contributed by atoms with Crippen LogP contribution < -0.4 is 0 Å². The summed E-state index contributed by atoms with van der Waals surface area (Å²) in [5, 5.41) is 0. The van der Waals surface area contributed by atoms with E-state index >= 15 is 0 Å². The van der Waals surface area contributed by atoms with Crippen LogP contribution in [0.2, 0.25) is 0 Å². The lowest BCUT2D eigenvalue weighted by atomic mass is 10.0. The van der Waals surface area contributed by atoms with Gasteiger partial charge < -0.3 is 4.74 Å². The quantitative estimate of drug-likeness (QED) is 0.478. The minimum absolute atomic E-state index is 0.712. The van der Waals surface area contributed by atoms with Crippen molar-refractivity contribution in [1.82, 2.24) is 0 Å². The molecule has 0 rings (SSSR count). The molecule has 0 heterocycles. The predicted molar refractivity (Wildman–Crippen MR) is 61.0 cm³/mol. The smallest absolute Gasteiger partial charge is 0.362 e. The van der Waals surface area contributed by atoms with Gasteiger partial charge in [-0.25, -0.2) is 26.3 Å². The lowest BCUT2D eigenvalue weighted by Crippen LogP contribution is -2.56. The van der Waals surface area contributed by atoms with Gasteiger partial charge >= 0.3 is 24.2 Å². The zero-order valence-corrected chi connectivity index (χ0v) is 12.7. The van der Waals surface area contributed by atoms with Crippen LogP contribution in [-0.4, -0.2) is 48.7 Å². The third-order valence-electron chi connectivity index (χ3n) is 3.18. The van der Waals surface area contributed by atoms with Gasteiger partial charge in [0.1, 0.15) is 12.2 Å². The molecule has 0 aromatic carbocycles. The molecule has 4 unspecified atom stereocenters. The van der Waals surface area contributed by atoms with E-state index in [0.717, 1.165) is 0 Å². The summed E-state index contributed by atoms with van der Waals surface area (Å²) in [6, 6.07) is 0. The molecule has 0 aliphatic heterocycles. The molecule has 0 fully saturated rings. The van der Waals surface area contributed by atoms with E-state index in [1.807, 2.05) is 0 Å². The van der Waals surface area contributed by atoms with E-state index in [-0.39, 0.29) is 0 Å². The molecule has 13 heteroatoms. The van der Waals surface area contributed by atoms with E-state index in [0.29, 0.717) is 13.8 Å². The van der Waals surface area contributed by atoms with Crippen molar-refractivity contribution in [1.29, 1.82) is 0 Å². The average Bonchev–Trinajstić information content (AvgIpc) is 2.44. The maximum absolute atomic E-state index is 13.5. The van der Waals surface area contributed by atoms with E-state index in [1.165, 1.54) is 0 Å². The Morgan fingerprint density at radius 3 is 1.00 bits per heavy atom. The second-order valence-electron chi connectivity index (χ2n) is 5.09. The molecular weight excluding hydrogens is 388 g/mol. The fourth-order valence-electron chi connectivity index (χ4n) is 1.88. The van der Waals surface area contributed by atoms with Gasteiger partial charge in [-0.15, -0.1) is 0 Å². The maximum atomic E-state index is 13.5. The van der Waals surface area contributed by atoms with Crippen molar-refractivity contribution < 1.29 is 57.4 Å². The normalized spacial score (nSPS) is 19.4. The zero-order valence-electron chi connectivity index (χ0n) is 12.7. The first-order valence-electron chi connectivity index (χ1n) is 6.76. The number of hydrogen-bond acceptors (Lipinski definition) is 1. The second-order valence-corrected chi connectivity index (χ2v) is 5.09. The molecule has 4 atom stereocenters. The Bertz CT molecular complexity index is 377. The minimum atomic E-state index is -6.07. The van der Waals surface area contributed by atoms with Gasteiger partial charge in [-0.3, -0.25) is 0 Å². The number of hydrogen-bond donors (Lipinski definition) is 0. The van der Waals surface area contributed by atoms with Crippen molar-refractivity contribution in [2.45, 2.75) is 75.4 Å². The number of rotatable bonds is 8. The molecule has 152 valence electrons. The monoisotopic (exact) mass is 402 g/mol. The molecule has 0 saturated heterocycles. The zero-order chi connectivity index (χ0) is 20.4. The van der Waals surface area contributed by atoms with Crippen LogP contribution in [0.5, 0.6) is 0 Å². The fraction of sp³-hybridized carbons (Fsp3) is 1.00. The summed E-state index contributed by atoms with van der Waals surface area (Å²) in [7, 11) is 0. The van der Waals surface area contributed by atoms with Crippen LogP contribution in [-0.2, 0) is 4.74 Å². The highest BCUT2D eigenvalue weighted by molar-refractivity contribution is 4.94. The van der Waals surface area contributed by atoms with Gasteiger partial charge in [0.15, 0.2) is 0 Å². The highest BCUT2D eigenvalue weighted by Gasteiger charge is 2.64. The number of halogens is 12. The van der Waals surface area contributed by atoms with Crippen molar-refractivity contribution in [3.63, 3.8) is 0 Å². The summed E-state index contributed by atoms with van der Waals surface area (Å²) >= 11 is 0. The van der Waals surface area contributed by atoms with E-state index in [4.69, 9.17) is 0 Å². The van der Waals surface area contributed by atoms with E-state index in [2.05, 4.69) is 4.74 Å². The number of alkyl halides is 12. The molecule has 0 amide bonds. The molecule has 1 nitrogen and oxygen atoms in total. The summed E-state index contributed by atoms with van der Waals surface area (Å²) in [5.74, 6) is -10.7. The second kappa shape index (κ2) is 7.78. The van der Waals surface area contributed by atoms with E-state index < -0.39 is 61.6 Å². The maximum Gasteiger partial charge on any atom is 0.425 e. The van der Waals surface area contributed by atoms with Gasteiger partial charge in [0.05, 0.1) is 0 Å². The highest BCUT2D eigenvalue weighted by atomic mass is 19.4. The Hall–Kier alpha value is -0.880. The van der Waals surface area contributed by atoms with Gasteiger partial charge in [0, 0.05) is 0 Å². The lowest BCUT2D eigenvalue weighted by Gasteiger charge is -2.36. The summed E-state index contributed by atoms with van der Waals surface area (Å²) in [5.41, 5.74) is 0. The van der Waals surface area contributed by atoms with Crippen molar-refractivity contribution in [3.05, 3.63) is 0 Å². The highest BCUT2D eigenvalue weighted by Crippen LogP contribution is 2.43. The van der Waals surface area contributed by atoms with Crippen molar-refractivity contribution in [2.75, 3.05) is 0 Å². The molecule has 0 N–H and O–H groups in total. The van der Waals surface area contributed by atoms with Gasteiger partial charge in [0.2, 0.25) is 0 Å². The number of ether oxygens (including phenoxy) is 1. The molecule has 0 aromatic heterocycles. The van der Waals surface area contributed by atoms with Crippen molar-refractivity contribution in [3.8, 4) is 0 Å². The van der Waals surface area contributed by atoms with Crippen LogP contribution in [0.25, 0.3) is 0 Å². The first kappa shape index (κ1) is 24.1. The van der Waals surface area contributed by atoms with Crippen LogP contribution in [0, 0.1) is 0 Å². The molecule has 0 aliphatic rings. The molecule has 0 bridgehead atoms. The Balaban J connectivity index is 5.58. The van der Waals surface area contributed by atoms with Crippen LogP contribution in [0.15, 0.2) is 0 Å². The molecular formula is C12H14F12O. The van der Waals surface area contributed by atoms with E-state index in [1.54, 1.807) is 0 Å². The summed E-state index contributed by atoms with van der Waals surface area (Å²) in [6.45, 7) is 1.42. The van der Waals surface area contributed by atoms with Crippen molar-refractivity contribution in [2.24, 2.45) is 0 Å². The Morgan fingerprint density at radius 2 is 0.840 bits per heavy atom. The summed E-state index contributed by atoms with van der Waals surface area (Å²) < 4.78 is 157. The standard InChI is InChI=1S/C12H14F12O/c1-3-5(9(15,16)7(13)11(19,20)21)25-6(4-2)10(17,18)8(14)12(22,23)24/h5-8H,3-4H2,1-2H3. The molecule has 0 saturated carbocycles. The van der Waals surface area contributed by atoms with Gasteiger partial charge in [-0.1, -0.05) is 13.8 Å². The Labute approximate surface area is 134 Å². The first-order valence-corrected chi connectivity index (χ1v) is 6.76. The van der Waals surface area contributed by atoms with Crippen LogP contribution >= 0.6 is 0 Å². The van der Waals surface area contributed by atoms with Gasteiger partial charge in [0.25, 0.3) is 12.3 Å². The van der Waals surface area contributed by atoms with Crippen LogP contribution in [0.1, 0.15) is 26.7 Å². The SMILES string of the molecule is CCC(OC(CC)C(F)(F)C(F)C(F)(F)F)C(F)(F)C(F)C(F)(F)F. The molecule has 0 aliphatic carbocycles.